The van der Waals surface area contributed by atoms with E-state index in [1.165, 1.54) is 0 Å². The number of nitrogens with two attached hydrogens (primary N) is 1. The number of hydrogen-bond donors (Lipinski definition) is 2. The van der Waals surface area contributed by atoms with E-state index >= 15 is 0 Å². The second kappa shape index (κ2) is 4.86. The van der Waals surface area contributed by atoms with Crippen molar-refractivity contribution in [2.24, 2.45) is 0 Å². The van der Waals surface area contributed by atoms with Crippen molar-refractivity contribution < 1.29 is 4.74 Å². The van der Waals surface area contributed by atoms with E-state index in [1.54, 1.807) is 0 Å². The Kier molecular flexibility index (Phi) is 3.64. The van der Waals surface area contributed by atoms with Gasteiger partial charge in [-0.05, 0) is 44.9 Å². The van der Waals surface area contributed by atoms with Crippen LogP contribution in [0.5, 0.6) is 0 Å². The summed E-state index contributed by atoms with van der Waals surface area (Å²) in [4.78, 5) is 0. The minimum absolute atomic E-state index is 0.0449. The standard InChI is InChI=1S/C13H19BrN2O/c1-13(2)8-10(5-6-17-13)16-12-7-9(14)3-4-11(12)15/h3-4,7,10,16H,5-6,8,15H2,1-2H3. The Bertz CT molecular complexity index is 406. The maximum absolute atomic E-state index is 5.96. The lowest BCUT2D eigenvalue weighted by atomic mass is 9.94. The number of halogens is 1. The molecule has 1 heterocycles. The third-order valence-electron chi connectivity index (χ3n) is 3.07. The van der Waals surface area contributed by atoms with E-state index in [4.69, 9.17) is 10.5 Å². The van der Waals surface area contributed by atoms with Crippen molar-refractivity contribution in [1.29, 1.82) is 0 Å². The summed E-state index contributed by atoms with van der Waals surface area (Å²) in [6.45, 7) is 5.06. The zero-order chi connectivity index (χ0) is 12.5. The summed E-state index contributed by atoms with van der Waals surface area (Å²) in [5.41, 5.74) is 7.71. The molecule has 1 fully saturated rings. The molecular weight excluding hydrogens is 280 g/mol. The molecule has 0 aromatic heterocycles. The van der Waals surface area contributed by atoms with Gasteiger partial charge in [-0.2, -0.15) is 0 Å². The predicted molar refractivity (Wildman–Crippen MR) is 75.2 cm³/mol. The number of nitrogens with one attached hydrogen (secondary N) is 1. The van der Waals surface area contributed by atoms with E-state index in [0.29, 0.717) is 6.04 Å². The van der Waals surface area contributed by atoms with Crippen molar-refractivity contribution in [2.45, 2.75) is 38.3 Å². The van der Waals surface area contributed by atoms with E-state index in [9.17, 15) is 0 Å². The third-order valence-corrected chi connectivity index (χ3v) is 3.57. The minimum atomic E-state index is -0.0449. The monoisotopic (exact) mass is 298 g/mol. The van der Waals surface area contributed by atoms with Gasteiger partial charge in [0, 0.05) is 17.1 Å². The smallest absolute Gasteiger partial charge is 0.0646 e. The number of ether oxygens (including phenoxy) is 1. The summed E-state index contributed by atoms with van der Waals surface area (Å²) < 4.78 is 6.75. The first-order valence-corrected chi connectivity index (χ1v) is 6.71. The normalized spacial score (nSPS) is 23.4. The zero-order valence-corrected chi connectivity index (χ0v) is 11.9. The van der Waals surface area contributed by atoms with Gasteiger partial charge in [0.2, 0.25) is 0 Å². The van der Waals surface area contributed by atoms with Gasteiger partial charge in [0.1, 0.15) is 0 Å². The number of hydrogen-bond acceptors (Lipinski definition) is 3. The summed E-state index contributed by atoms with van der Waals surface area (Å²) in [6, 6.07) is 6.32. The lowest BCUT2D eigenvalue weighted by Gasteiger charge is -2.36. The fourth-order valence-electron chi connectivity index (χ4n) is 2.23. The highest BCUT2D eigenvalue weighted by molar-refractivity contribution is 9.10. The average Bonchev–Trinajstić information content (AvgIpc) is 2.22. The molecule has 3 N–H and O–H groups in total. The number of benzene rings is 1. The minimum Gasteiger partial charge on any atom is -0.397 e. The van der Waals surface area contributed by atoms with Crippen LogP contribution in [0.1, 0.15) is 26.7 Å². The molecule has 3 nitrogen and oxygen atoms in total. The van der Waals surface area contributed by atoms with Crippen LogP contribution < -0.4 is 11.1 Å². The SMILES string of the molecule is CC1(C)CC(Nc2cc(Br)ccc2N)CCO1. The number of anilines is 2. The lowest BCUT2D eigenvalue weighted by Crippen LogP contribution is -2.40. The second-order valence-electron chi connectivity index (χ2n) is 5.17. The average molecular weight is 299 g/mol. The van der Waals surface area contributed by atoms with Gasteiger partial charge in [-0.15, -0.1) is 0 Å². The van der Waals surface area contributed by atoms with Crippen LogP contribution in [0.25, 0.3) is 0 Å². The molecule has 1 aromatic rings. The van der Waals surface area contributed by atoms with Crippen LogP contribution in [-0.2, 0) is 4.74 Å². The first-order valence-electron chi connectivity index (χ1n) is 5.92. The Balaban J connectivity index is 2.07. The molecule has 1 saturated heterocycles. The number of nitrogen functional groups attached to an aromatic ring is 1. The second-order valence-corrected chi connectivity index (χ2v) is 6.09. The van der Waals surface area contributed by atoms with Crippen LogP contribution in [-0.4, -0.2) is 18.2 Å². The highest BCUT2D eigenvalue weighted by atomic mass is 79.9. The fraction of sp³-hybridized carbons (Fsp3) is 0.538. The van der Waals surface area contributed by atoms with Crippen molar-refractivity contribution in [3.8, 4) is 0 Å². The van der Waals surface area contributed by atoms with Gasteiger partial charge in [-0.3, -0.25) is 0 Å². The predicted octanol–water partition coefficient (Wildman–Crippen LogP) is 3.40. The van der Waals surface area contributed by atoms with Crippen LogP contribution in [0.4, 0.5) is 11.4 Å². The van der Waals surface area contributed by atoms with Crippen LogP contribution in [0.2, 0.25) is 0 Å². The van der Waals surface area contributed by atoms with E-state index in [2.05, 4.69) is 35.1 Å². The first kappa shape index (κ1) is 12.7. The summed E-state index contributed by atoms with van der Waals surface area (Å²) in [5, 5.41) is 3.51. The van der Waals surface area contributed by atoms with E-state index in [-0.39, 0.29) is 5.60 Å². The summed E-state index contributed by atoms with van der Waals surface area (Å²) >= 11 is 3.46. The molecule has 1 atom stereocenters. The molecule has 1 aromatic carbocycles. The molecule has 0 aliphatic carbocycles. The molecule has 94 valence electrons. The molecule has 4 heteroatoms. The van der Waals surface area contributed by atoms with Crippen LogP contribution in [0, 0.1) is 0 Å². The highest BCUT2D eigenvalue weighted by Crippen LogP contribution is 2.29. The molecule has 0 bridgehead atoms. The molecule has 2 rings (SSSR count). The van der Waals surface area contributed by atoms with E-state index in [1.807, 2.05) is 18.2 Å². The maximum atomic E-state index is 5.96. The Hall–Kier alpha value is -0.740. The van der Waals surface area contributed by atoms with Gasteiger partial charge >= 0.3 is 0 Å². The molecule has 17 heavy (non-hydrogen) atoms. The molecule has 0 spiro atoms. The molecule has 0 amide bonds. The third kappa shape index (κ3) is 3.36. The van der Waals surface area contributed by atoms with Crippen molar-refractivity contribution in [2.75, 3.05) is 17.7 Å². The van der Waals surface area contributed by atoms with Crippen LogP contribution in [0.15, 0.2) is 22.7 Å². The van der Waals surface area contributed by atoms with Gasteiger partial charge < -0.3 is 15.8 Å². The Labute approximate surface area is 111 Å². The van der Waals surface area contributed by atoms with Crippen molar-refractivity contribution in [1.82, 2.24) is 0 Å². The Morgan fingerprint density at radius 1 is 1.47 bits per heavy atom. The molecule has 1 aliphatic rings. The van der Waals surface area contributed by atoms with E-state index in [0.717, 1.165) is 35.3 Å². The molecule has 0 radical (unpaired) electrons. The van der Waals surface area contributed by atoms with Crippen molar-refractivity contribution in [3.63, 3.8) is 0 Å². The topological polar surface area (TPSA) is 47.3 Å². The quantitative estimate of drug-likeness (QED) is 0.823. The maximum Gasteiger partial charge on any atom is 0.0646 e. The summed E-state index contributed by atoms with van der Waals surface area (Å²) in [5.74, 6) is 0. The van der Waals surface area contributed by atoms with Crippen LogP contribution in [0.3, 0.4) is 0 Å². The van der Waals surface area contributed by atoms with Gasteiger partial charge in [0.25, 0.3) is 0 Å². The van der Waals surface area contributed by atoms with E-state index < -0.39 is 0 Å². The molecular formula is C13H19BrN2O. The Morgan fingerprint density at radius 2 is 2.24 bits per heavy atom. The largest absolute Gasteiger partial charge is 0.397 e. The van der Waals surface area contributed by atoms with Gasteiger partial charge in [0.05, 0.1) is 17.0 Å². The molecule has 0 saturated carbocycles. The van der Waals surface area contributed by atoms with Gasteiger partial charge in [-0.1, -0.05) is 15.9 Å². The molecule has 1 unspecified atom stereocenters. The zero-order valence-electron chi connectivity index (χ0n) is 10.3. The first-order chi connectivity index (χ1) is 7.96. The van der Waals surface area contributed by atoms with Crippen LogP contribution >= 0.6 is 15.9 Å². The highest BCUT2D eigenvalue weighted by Gasteiger charge is 2.28. The van der Waals surface area contributed by atoms with Crippen molar-refractivity contribution >= 4 is 27.3 Å². The van der Waals surface area contributed by atoms with Gasteiger partial charge in [0.15, 0.2) is 0 Å². The Morgan fingerprint density at radius 3 is 2.94 bits per heavy atom. The summed E-state index contributed by atoms with van der Waals surface area (Å²) in [7, 11) is 0. The van der Waals surface area contributed by atoms with Gasteiger partial charge in [-0.25, -0.2) is 0 Å². The molecule has 1 aliphatic heterocycles. The fourth-order valence-corrected chi connectivity index (χ4v) is 2.59. The lowest BCUT2D eigenvalue weighted by molar-refractivity contribution is -0.0553. The summed E-state index contributed by atoms with van der Waals surface area (Å²) in [6.07, 6.45) is 2.02. The number of rotatable bonds is 2. The van der Waals surface area contributed by atoms with Crippen molar-refractivity contribution in [3.05, 3.63) is 22.7 Å².